The van der Waals surface area contributed by atoms with Crippen molar-refractivity contribution in [2.45, 2.75) is 33.1 Å². The van der Waals surface area contributed by atoms with E-state index in [0.29, 0.717) is 6.54 Å². The number of nitrogens with one attached hydrogen (secondary N) is 2. The minimum absolute atomic E-state index is 0.182. The fraction of sp³-hybridized carbons (Fsp3) is 0.692. The van der Waals surface area contributed by atoms with Crippen LogP contribution in [-0.4, -0.2) is 30.5 Å². The molecule has 1 fully saturated rings. The molecular formula is C13H21N3OS. The van der Waals surface area contributed by atoms with E-state index in [9.17, 15) is 4.79 Å². The molecule has 1 unspecified atom stereocenters. The Bertz CT molecular complexity index is 410. The second kappa shape index (κ2) is 5.80. The maximum absolute atomic E-state index is 12.2. The molecule has 5 heteroatoms. The minimum Gasteiger partial charge on any atom is -0.355 e. The second-order valence-corrected chi connectivity index (χ2v) is 5.89. The van der Waals surface area contributed by atoms with Crippen LogP contribution in [0.1, 0.15) is 30.5 Å². The van der Waals surface area contributed by atoms with Gasteiger partial charge in [0, 0.05) is 30.6 Å². The lowest BCUT2D eigenvalue weighted by Crippen LogP contribution is -2.42. The first-order valence-corrected chi connectivity index (χ1v) is 7.44. The van der Waals surface area contributed by atoms with Crippen LogP contribution in [0.25, 0.3) is 0 Å². The zero-order valence-electron chi connectivity index (χ0n) is 11.1. The van der Waals surface area contributed by atoms with Crippen molar-refractivity contribution >= 4 is 17.2 Å². The first-order chi connectivity index (χ1) is 8.66. The molecule has 1 saturated heterocycles. The van der Waals surface area contributed by atoms with Crippen LogP contribution in [0.15, 0.2) is 5.38 Å². The van der Waals surface area contributed by atoms with Crippen molar-refractivity contribution in [3.8, 4) is 0 Å². The summed E-state index contributed by atoms with van der Waals surface area (Å²) in [6.45, 7) is 6.54. The molecule has 0 bridgehead atoms. The van der Waals surface area contributed by atoms with Gasteiger partial charge in [-0.25, -0.2) is 4.98 Å². The van der Waals surface area contributed by atoms with Gasteiger partial charge >= 0.3 is 0 Å². The third-order valence-electron chi connectivity index (χ3n) is 3.69. The lowest BCUT2D eigenvalue weighted by molar-refractivity contribution is -0.130. The van der Waals surface area contributed by atoms with Crippen LogP contribution in [0.5, 0.6) is 0 Å². The highest BCUT2D eigenvalue weighted by Crippen LogP contribution is 2.29. The number of aryl methyl sites for hydroxylation is 1. The Morgan fingerprint density at radius 1 is 1.67 bits per heavy atom. The maximum Gasteiger partial charge on any atom is 0.227 e. The Hall–Kier alpha value is -0.940. The van der Waals surface area contributed by atoms with Crippen molar-refractivity contribution in [3.63, 3.8) is 0 Å². The van der Waals surface area contributed by atoms with E-state index in [-0.39, 0.29) is 11.3 Å². The normalized spacial score (nSPS) is 23.2. The van der Waals surface area contributed by atoms with Gasteiger partial charge in [0.15, 0.2) is 0 Å². The van der Waals surface area contributed by atoms with E-state index in [1.807, 2.05) is 12.3 Å². The van der Waals surface area contributed by atoms with Crippen LogP contribution in [0.3, 0.4) is 0 Å². The highest BCUT2D eigenvalue weighted by Gasteiger charge is 2.39. The molecule has 18 heavy (non-hydrogen) atoms. The third-order valence-corrected chi connectivity index (χ3v) is 4.72. The molecule has 1 aromatic rings. The molecule has 1 aromatic heterocycles. The molecule has 0 aromatic carbocycles. The standard InChI is InChI=1S/C13H21N3OS/c1-3-13(5-7-14-9-13)12(17)15-6-4-11-16-10(2)8-18-11/h8,14H,3-7,9H2,1-2H3,(H,15,17). The first kappa shape index (κ1) is 13.5. The van der Waals surface area contributed by atoms with Gasteiger partial charge in [-0.15, -0.1) is 11.3 Å². The molecule has 100 valence electrons. The van der Waals surface area contributed by atoms with Crippen molar-refractivity contribution in [3.05, 3.63) is 16.1 Å². The van der Waals surface area contributed by atoms with Crippen LogP contribution < -0.4 is 10.6 Å². The molecule has 2 N–H and O–H groups in total. The van der Waals surface area contributed by atoms with Crippen LogP contribution in [0, 0.1) is 12.3 Å². The molecule has 1 aliphatic heterocycles. The van der Waals surface area contributed by atoms with Crippen molar-refractivity contribution in [2.24, 2.45) is 5.41 Å². The average molecular weight is 267 g/mol. The van der Waals surface area contributed by atoms with E-state index >= 15 is 0 Å². The largest absolute Gasteiger partial charge is 0.355 e. The van der Waals surface area contributed by atoms with Gasteiger partial charge in [0.1, 0.15) is 0 Å². The average Bonchev–Trinajstić information content (AvgIpc) is 2.99. The van der Waals surface area contributed by atoms with E-state index in [1.54, 1.807) is 11.3 Å². The summed E-state index contributed by atoms with van der Waals surface area (Å²) < 4.78 is 0. The number of amides is 1. The van der Waals surface area contributed by atoms with E-state index in [2.05, 4.69) is 22.5 Å². The zero-order valence-corrected chi connectivity index (χ0v) is 11.9. The molecule has 4 nitrogen and oxygen atoms in total. The van der Waals surface area contributed by atoms with Crippen LogP contribution >= 0.6 is 11.3 Å². The summed E-state index contributed by atoms with van der Waals surface area (Å²) in [5.74, 6) is 0.197. The predicted octanol–water partition coefficient (Wildman–Crippen LogP) is 1.50. The van der Waals surface area contributed by atoms with Gasteiger partial charge in [-0.3, -0.25) is 4.79 Å². The summed E-state index contributed by atoms with van der Waals surface area (Å²) in [4.78, 5) is 16.6. The summed E-state index contributed by atoms with van der Waals surface area (Å²) in [6.07, 6.45) is 2.69. The van der Waals surface area contributed by atoms with Crippen LogP contribution in [-0.2, 0) is 11.2 Å². The molecule has 0 spiro atoms. The number of carbonyl (C=O) groups excluding carboxylic acids is 1. The number of thiazole rings is 1. The molecule has 2 rings (SSSR count). The van der Waals surface area contributed by atoms with Gasteiger partial charge in [0.25, 0.3) is 0 Å². The number of carbonyl (C=O) groups is 1. The van der Waals surface area contributed by atoms with E-state index in [4.69, 9.17) is 0 Å². The molecule has 0 aliphatic carbocycles. The molecule has 0 saturated carbocycles. The summed E-state index contributed by atoms with van der Waals surface area (Å²) in [5, 5.41) is 9.49. The van der Waals surface area contributed by atoms with Crippen molar-refractivity contribution in [1.29, 1.82) is 0 Å². The maximum atomic E-state index is 12.2. The lowest BCUT2D eigenvalue weighted by Gasteiger charge is -2.25. The van der Waals surface area contributed by atoms with Gasteiger partial charge in [-0.1, -0.05) is 6.92 Å². The number of nitrogens with zero attached hydrogens (tertiary/aromatic N) is 1. The Kier molecular flexibility index (Phi) is 4.35. The zero-order chi connectivity index (χ0) is 13.0. The molecule has 1 amide bonds. The van der Waals surface area contributed by atoms with Crippen LogP contribution in [0.4, 0.5) is 0 Å². The minimum atomic E-state index is -0.182. The summed E-state index contributed by atoms with van der Waals surface area (Å²) in [5.41, 5.74) is 0.880. The molecule has 1 atom stereocenters. The fourth-order valence-corrected chi connectivity index (χ4v) is 3.16. The van der Waals surface area contributed by atoms with Crippen molar-refractivity contribution < 1.29 is 4.79 Å². The SMILES string of the molecule is CCC1(C(=O)NCCc2nc(C)cs2)CCNC1. The van der Waals surface area contributed by atoms with Gasteiger partial charge < -0.3 is 10.6 Å². The highest BCUT2D eigenvalue weighted by molar-refractivity contribution is 7.09. The van der Waals surface area contributed by atoms with Gasteiger partial charge in [-0.05, 0) is 26.3 Å². The number of hydrogen-bond acceptors (Lipinski definition) is 4. The Labute approximate surface area is 112 Å². The first-order valence-electron chi connectivity index (χ1n) is 6.56. The van der Waals surface area contributed by atoms with E-state index < -0.39 is 0 Å². The monoisotopic (exact) mass is 267 g/mol. The number of rotatable bonds is 5. The second-order valence-electron chi connectivity index (χ2n) is 4.95. The molecule has 2 heterocycles. The number of aromatic nitrogens is 1. The van der Waals surface area contributed by atoms with Gasteiger partial charge in [0.05, 0.1) is 10.4 Å². The Balaban J connectivity index is 1.81. The highest BCUT2D eigenvalue weighted by atomic mass is 32.1. The smallest absolute Gasteiger partial charge is 0.227 e. The quantitative estimate of drug-likeness (QED) is 0.850. The molecule has 0 radical (unpaired) electrons. The van der Waals surface area contributed by atoms with Gasteiger partial charge in [-0.2, -0.15) is 0 Å². The summed E-state index contributed by atoms with van der Waals surface area (Å²) in [6, 6.07) is 0. The summed E-state index contributed by atoms with van der Waals surface area (Å²) in [7, 11) is 0. The fourth-order valence-electron chi connectivity index (χ4n) is 2.39. The van der Waals surface area contributed by atoms with Crippen molar-refractivity contribution in [2.75, 3.05) is 19.6 Å². The topological polar surface area (TPSA) is 54.0 Å². The van der Waals surface area contributed by atoms with E-state index in [1.165, 1.54) is 0 Å². The molecular weight excluding hydrogens is 246 g/mol. The summed E-state index contributed by atoms with van der Waals surface area (Å²) >= 11 is 1.66. The molecule has 1 aliphatic rings. The van der Waals surface area contributed by atoms with Crippen LogP contribution in [0.2, 0.25) is 0 Å². The van der Waals surface area contributed by atoms with Crippen molar-refractivity contribution in [1.82, 2.24) is 15.6 Å². The lowest BCUT2D eigenvalue weighted by atomic mass is 9.83. The Morgan fingerprint density at radius 3 is 3.06 bits per heavy atom. The van der Waals surface area contributed by atoms with Gasteiger partial charge in [0.2, 0.25) is 5.91 Å². The third kappa shape index (κ3) is 2.90. The number of hydrogen-bond donors (Lipinski definition) is 2. The Morgan fingerprint density at radius 2 is 2.50 bits per heavy atom. The predicted molar refractivity (Wildman–Crippen MR) is 73.8 cm³/mol. The van der Waals surface area contributed by atoms with E-state index in [0.717, 1.165) is 43.1 Å².